The van der Waals surface area contributed by atoms with E-state index in [1.54, 1.807) is 0 Å². The number of aromatic nitrogens is 3. The highest BCUT2D eigenvalue weighted by Crippen LogP contribution is 2.65. The summed E-state index contributed by atoms with van der Waals surface area (Å²) in [7, 11) is 0. The Hall–Kier alpha value is -7.62. The van der Waals surface area contributed by atoms with Crippen LogP contribution in [0.3, 0.4) is 0 Å². The molecule has 12 aromatic rings. The van der Waals surface area contributed by atoms with Crippen LogP contribution in [0, 0.1) is 0 Å². The van der Waals surface area contributed by atoms with E-state index < -0.39 is 5.41 Å². The Morgan fingerprint density at radius 3 is 1.57 bits per heavy atom. The molecule has 0 radical (unpaired) electrons. The Morgan fingerprint density at radius 2 is 0.862 bits per heavy atom. The molecule has 0 fully saturated rings. The van der Waals surface area contributed by atoms with Gasteiger partial charge in [0.1, 0.15) is 0 Å². The summed E-state index contributed by atoms with van der Waals surface area (Å²) in [5.74, 6) is 0. The second kappa shape index (κ2) is 10.8. The maximum Gasteiger partial charge on any atom is 0.0747 e. The Labute approximate surface area is 333 Å². The molecule has 1 atom stereocenters. The first-order valence-corrected chi connectivity index (χ1v) is 20.2. The Kier molecular flexibility index (Phi) is 5.70. The molecular formula is C55H33N3. The third-order valence-corrected chi connectivity index (χ3v) is 13.5. The van der Waals surface area contributed by atoms with Gasteiger partial charge in [0.15, 0.2) is 0 Å². The molecule has 3 heterocycles. The van der Waals surface area contributed by atoms with Crippen LogP contribution in [0.5, 0.6) is 0 Å². The molecule has 3 nitrogen and oxygen atoms in total. The number of hydrogen-bond donors (Lipinski definition) is 1. The summed E-state index contributed by atoms with van der Waals surface area (Å²) in [4.78, 5) is 3.90. The molecule has 3 aromatic heterocycles. The van der Waals surface area contributed by atoms with Crippen molar-refractivity contribution in [1.29, 1.82) is 0 Å². The lowest BCUT2D eigenvalue weighted by atomic mass is 9.70. The zero-order valence-corrected chi connectivity index (χ0v) is 31.4. The van der Waals surface area contributed by atoms with Gasteiger partial charge in [-0.05, 0) is 81.9 Å². The number of nitrogens with one attached hydrogen (secondary N) is 1. The summed E-state index contributed by atoms with van der Waals surface area (Å²) in [6.45, 7) is 0. The van der Waals surface area contributed by atoms with Crippen molar-refractivity contribution in [3.63, 3.8) is 0 Å². The van der Waals surface area contributed by atoms with E-state index in [2.05, 4.69) is 208 Å². The average Bonchev–Trinajstić information content (AvgIpc) is 4.07. The van der Waals surface area contributed by atoms with Crippen molar-refractivity contribution in [2.45, 2.75) is 5.41 Å². The first-order valence-electron chi connectivity index (χ1n) is 20.2. The number of benzene rings is 9. The molecule has 268 valence electrons. The SMILES string of the molecule is c1ccc2c(c1)-c1ccc3c4ccccc4n(-c4ccc(-n5c6ccccc6c6ccccc65)cc4)c3c1C21c2ccccc2-c2c1ccc1c2[nH]c2ccccc21. The molecule has 1 spiro atoms. The molecule has 0 saturated heterocycles. The fourth-order valence-electron chi connectivity index (χ4n) is 11.3. The molecule has 0 amide bonds. The highest BCUT2D eigenvalue weighted by atomic mass is 15.0. The minimum atomic E-state index is -0.530. The lowest BCUT2D eigenvalue weighted by molar-refractivity contribution is 0.797. The summed E-state index contributed by atoms with van der Waals surface area (Å²) in [6.07, 6.45) is 0. The van der Waals surface area contributed by atoms with Crippen LogP contribution in [0.25, 0.3) is 99.0 Å². The fourth-order valence-corrected chi connectivity index (χ4v) is 11.3. The van der Waals surface area contributed by atoms with Crippen molar-refractivity contribution in [3.8, 4) is 33.6 Å². The monoisotopic (exact) mass is 735 g/mol. The van der Waals surface area contributed by atoms with Crippen LogP contribution in [0.2, 0.25) is 0 Å². The Bertz CT molecular complexity index is 3690. The van der Waals surface area contributed by atoms with Gasteiger partial charge in [-0.25, -0.2) is 0 Å². The van der Waals surface area contributed by atoms with E-state index in [-0.39, 0.29) is 0 Å². The minimum Gasteiger partial charge on any atom is -0.354 e. The molecular weight excluding hydrogens is 703 g/mol. The van der Waals surface area contributed by atoms with E-state index >= 15 is 0 Å². The molecule has 14 rings (SSSR count). The van der Waals surface area contributed by atoms with Gasteiger partial charge in [-0.15, -0.1) is 0 Å². The zero-order chi connectivity index (χ0) is 37.7. The van der Waals surface area contributed by atoms with Crippen LogP contribution < -0.4 is 0 Å². The second-order valence-electron chi connectivity index (χ2n) is 16.0. The van der Waals surface area contributed by atoms with Gasteiger partial charge >= 0.3 is 0 Å². The Balaban J connectivity index is 1.10. The molecule has 1 N–H and O–H groups in total. The van der Waals surface area contributed by atoms with Gasteiger partial charge in [0.05, 0.1) is 33.0 Å². The normalized spacial score (nSPS) is 15.3. The fraction of sp³-hybridized carbons (Fsp3) is 0.0182. The van der Waals surface area contributed by atoms with E-state index in [1.807, 2.05) is 0 Å². The summed E-state index contributed by atoms with van der Waals surface area (Å²) in [5, 5.41) is 7.60. The van der Waals surface area contributed by atoms with Gasteiger partial charge in [0, 0.05) is 60.3 Å². The topological polar surface area (TPSA) is 25.6 Å². The molecule has 0 saturated carbocycles. The van der Waals surface area contributed by atoms with Gasteiger partial charge in [0.2, 0.25) is 0 Å². The summed E-state index contributed by atoms with van der Waals surface area (Å²) in [5.41, 5.74) is 19.6. The lowest BCUT2D eigenvalue weighted by Crippen LogP contribution is -2.26. The number of hydrogen-bond acceptors (Lipinski definition) is 0. The van der Waals surface area contributed by atoms with Crippen molar-refractivity contribution in [2.24, 2.45) is 0 Å². The summed E-state index contributed by atoms with van der Waals surface area (Å²) >= 11 is 0. The molecule has 3 heteroatoms. The largest absolute Gasteiger partial charge is 0.354 e. The highest BCUT2D eigenvalue weighted by Gasteiger charge is 2.53. The van der Waals surface area contributed by atoms with Gasteiger partial charge in [-0.1, -0.05) is 146 Å². The van der Waals surface area contributed by atoms with Crippen LogP contribution in [-0.4, -0.2) is 14.1 Å². The zero-order valence-electron chi connectivity index (χ0n) is 31.4. The first kappa shape index (κ1) is 30.6. The number of aromatic amines is 1. The van der Waals surface area contributed by atoms with Crippen LogP contribution in [0.4, 0.5) is 0 Å². The van der Waals surface area contributed by atoms with Crippen molar-refractivity contribution >= 4 is 65.4 Å². The van der Waals surface area contributed by atoms with E-state index in [9.17, 15) is 0 Å². The van der Waals surface area contributed by atoms with Crippen molar-refractivity contribution in [1.82, 2.24) is 14.1 Å². The maximum atomic E-state index is 3.90. The maximum absolute atomic E-state index is 3.90. The number of rotatable bonds is 2. The van der Waals surface area contributed by atoms with Crippen LogP contribution in [-0.2, 0) is 5.41 Å². The van der Waals surface area contributed by atoms with Crippen molar-refractivity contribution in [2.75, 3.05) is 0 Å². The number of para-hydroxylation sites is 4. The quantitative estimate of drug-likeness (QED) is 0.183. The predicted molar refractivity (Wildman–Crippen MR) is 241 cm³/mol. The molecule has 1 unspecified atom stereocenters. The van der Waals surface area contributed by atoms with Crippen LogP contribution in [0.1, 0.15) is 22.3 Å². The summed E-state index contributed by atoms with van der Waals surface area (Å²) < 4.78 is 4.95. The number of fused-ring (bicyclic) bond motifs is 21. The minimum absolute atomic E-state index is 0.530. The predicted octanol–water partition coefficient (Wildman–Crippen LogP) is 13.9. The van der Waals surface area contributed by atoms with Crippen LogP contribution in [0.15, 0.2) is 194 Å². The van der Waals surface area contributed by atoms with Crippen molar-refractivity contribution < 1.29 is 0 Å². The van der Waals surface area contributed by atoms with E-state index in [1.165, 1.54) is 110 Å². The molecule has 2 aliphatic rings. The van der Waals surface area contributed by atoms with Gasteiger partial charge < -0.3 is 14.1 Å². The van der Waals surface area contributed by atoms with Gasteiger partial charge in [0.25, 0.3) is 0 Å². The molecule has 9 aromatic carbocycles. The number of nitrogens with zero attached hydrogens (tertiary/aromatic N) is 2. The number of H-pyrrole nitrogens is 1. The molecule has 0 bridgehead atoms. The van der Waals surface area contributed by atoms with E-state index in [4.69, 9.17) is 0 Å². The average molecular weight is 736 g/mol. The van der Waals surface area contributed by atoms with E-state index in [0.717, 1.165) is 11.4 Å². The van der Waals surface area contributed by atoms with Gasteiger partial charge in [-0.3, -0.25) is 0 Å². The van der Waals surface area contributed by atoms with E-state index in [0.29, 0.717) is 0 Å². The Morgan fingerprint density at radius 1 is 0.345 bits per heavy atom. The second-order valence-corrected chi connectivity index (χ2v) is 16.0. The molecule has 58 heavy (non-hydrogen) atoms. The van der Waals surface area contributed by atoms with Crippen LogP contribution >= 0.6 is 0 Å². The standard InChI is InChI=1S/C55H33N3/c1-7-19-44-35(13-1)40-29-30-42-39-17-6-12-24-50(39)58(34-27-25-33(26-28-34)57-48-22-10-4-15-37(48)38-16-5-11-23-49(38)57)54(42)52(40)55(44)45-20-8-2-18-43(45)51-46(55)32-31-41-36-14-3-9-21-47(36)56-53(41)51/h1-32,56H. The van der Waals surface area contributed by atoms with Gasteiger partial charge in [-0.2, -0.15) is 0 Å². The highest BCUT2D eigenvalue weighted by molar-refractivity contribution is 6.18. The first-order chi connectivity index (χ1) is 28.8. The molecule has 2 aliphatic carbocycles. The summed E-state index contributed by atoms with van der Waals surface area (Å²) in [6, 6.07) is 72.3. The third-order valence-electron chi connectivity index (χ3n) is 13.5. The smallest absolute Gasteiger partial charge is 0.0747 e. The lowest BCUT2D eigenvalue weighted by Gasteiger charge is -2.31. The third kappa shape index (κ3) is 3.57. The van der Waals surface area contributed by atoms with Crippen molar-refractivity contribution in [3.05, 3.63) is 216 Å². The molecule has 0 aliphatic heterocycles.